The van der Waals surface area contributed by atoms with Crippen molar-refractivity contribution in [2.75, 3.05) is 13.2 Å². The number of hydrogen-bond acceptors (Lipinski definition) is 6. The van der Waals surface area contributed by atoms with Gasteiger partial charge in [-0.3, -0.25) is 14.4 Å². The van der Waals surface area contributed by atoms with Crippen LogP contribution in [0.3, 0.4) is 0 Å². The first-order chi connectivity index (χ1) is 38.5. The van der Waals surface area contributed by atoms with E-state index in [0.717, 1.165) is 148 Å². The van der Waals surface area contributed by atoms with Gasteiger partial charge in [0.15, 0.2) is 6.10 Å². The van der Waals surface area contributed by atoms with E-state index in [9.17, 15) is 14.4 Å². The molecule has 0 bridgehead atoms. The number of carbonyl (C=O) groups excluding carboxylic acids is 3. The van der Waals surface area contributed by atoms with E-state index in [1.54, 1.807) is 0 Å². The van der Waals surface area contributed by atoms with Crippen molar-refractivity contribution >= 4 is 17.9 Å². The molecule has 6 nitrogen and oxygen atoms in total. The summed E-state index contributed by atoms with van der Waals surface area (Å²) in [6, 6.07) is 0. The van der Waals surface area contributed by atoms with Gasteiger partial charge < -0.3 is 14.2 Å². The van der Waals surface area contributed by atoms with Gasteiger partial charge in [-0.25, -0.2) is 0 Å². The van der Waals surface area contributed by atoms with E-state index in [1.807, 2.05) is 0 Å². The molecule has 1 atom stereocenters. The van der Waals surface area contributed by atoms with Crippen LogP contribution in [-0.4, -0.2) is 37.2 Å². The fourth-order valence-electron chi connectivity index (χ4n) is 8.39. The first-order valence-corrected chi connectivity index (χ1v) is 31.8. The molecule has 6 heteroatoms. The summed E-state index contributed by atoms with van der Waals surface area (Å²) in [5, 5.41) is 0. The topological polar surface area (TPSA) is 78.9 Å². The van der Waals surface area contributed by atoms with Crippen LogP contribution >= 0.6 is 0 Å². The number of unbranched alkanes of at least 4 members (excludes halogenated alkanes) is 21. The third-order valence-electron chi connectivity index (χ3n) is 13.1. The van der Waals surface area contributed by atoms with Gasteiger partial charge in [-0.15, -0.1) is 0 Å². The van der Waals surface area contributed by atoms with E-state index in [1.165, 1.54) is 83.5 Å². The van der Waals surface area contributed by atoms with Crippen molar-refractivity contribution in [3.8, 4) is 0 Å². The third kappa shape index (κ3) is 62.1. The molecule has 0 rings (SSSR count). The molecule has 0 aromatic rings. The molecule has 0 heterocycles. The highest BCUT2D eigenvalue weighted by Gasteiger charge is 2.19. The minimum absolute atomic E-state index is 0.0879. The molecule has 0 saturated heterocycles. The highest BCUT2D eigenvalue weighted by atomic mass is 16.6. The summed E-state index contributed by atoms with van der Waals surface area (Å²) in [5.74, 6) is -0.916. The van der Waals surface area contributed by atoms with E-state index in [-0.39, 0.29) is 31.1 Å². The standard InChI is InChI=1S/C72H116O6/c1-4-7-10-13-16-19-21-23-25-27-28-29-30-31-32-33-34-35-36-37-38-39-40-41-42-43-44-46-47-49-51-53-56-59-62-65-71(74)77-68-69(67-76-70(73)64-61-58-55-18-15-12-9-6-3)78-72(75)66-63-60-57-54-52-50-48-45-26-24-22-20-17-14-11-8-5-2/h7-8,10-11,16-17,19-20,23-26,28-29,31-32,34-35,37-38,40-41,43-44,69H,4-6,9,12-15,18,21-22,27,30,33,36,39,42,45-68H2,1-3H3/b10-7-,11-8-,19-16-,20-17-,25-23-,26-24-,29-28-,32-31-,35-34-,38-37-,41-40-,44-43-. The van der Waals surface area contributed by atoms with Gasteiger partial charge in [0.1, 0.15) is 13.2 Å². The lowest BCUT2D eigenvalue weighted by atomic mass is 10.1. The predicted molar refractivity (Wildman–Crippen MR) is 339 cm³/mol. The number of esters is 3. The van der Waals surface area contributed by atoms with Gasteiger partial charge in [0, 0.05) is 19.3 Å². The molecule has 0 aromatic carbocycles. The Balaban J connectivity index is 4.19. The lowest BCUT2D eigenvalue weighted by Gasteiger charge is -2.18. The third-order valence-corrected chi connectivity index (χ3v) is 13.1. The second-order valence-corrected chi connectivity index (χ2v) is 20.6. The van der Waals surface area contributed by atoms with Crippen LogP contribution in [0, 0.1) is 0 Å². The zero-order valence-electron chi connectivity index (χ0n) is 50.4. The molecule has 0 aliphatic carbocycles. The molecule has 440 valence electrons. The minimum atomic E-state index is -0.790. The van der Waals surface area contributed by atoms with Crippen LogP contribution in [0.15, 0.2) is 146 Å². The molecule has 0 radical (unpaired) electrons. The summed E-state index contributed by atoms with van der Waals surface area (Å²) in [4.78, 5) is 38.1. The van der Waals surface area contributed by atoms with E-state index < -0.39 is 6.10 Å². The van der Waals surface area contributed by atoms with Crippen molar-refractivity contribution in [3.63, 3.8) is 0 Å². The van der Waals surface area contributed by atoms with Crippen molar-refractivity contribution in [2.24, 2.45) is 0 Å². The van der Waals surface area contributed by atoms with Crippen LogP contribution in [0.2, 0.25) is 0 Å². The molecular weight excluding hydrogens is 961 g/mol. The fraction of sp³-hybridized carbons (Fsp3) is 0.625. The van der Waals surface area contributed by atoms with E-state index in [4.69, 9.17) is 14.2 Å². The number of allylic oxidation sites excluding steroid dienone is 24. The molecule has 0 amide bonds. The van der Waals surface area contributed by atoms with Crippen molar-refractivity contribution in [1.29, 1.82) is 0 Å². The number of rotatable bonds is 56. The van der Waals surface area contributed by atoms with Gasteiger partial charge in [-0.2, -0.15) is 0 Å². The molecule has 0 aliphatic heterocycles. The van der Waals surface area contributed by atoms with Crippen molar-refractivity contribution in [1.82, 2.24) is 0 Å². The molecule has 0 aliphatic rings. The van der Waals surface area contributed by atoms with Gasteiger partial charge in [0.05, 0.1) is 0 Å². The highest BCUT2D eigenvalue weighted by molar-refractivity contribution is 5.71. The van der Waals surface area contributed by atoms with Crippen LogP contribution in [0.5, 0.6) is 0 Å². The Kier molecular flexibility index (Phi) is 60.9. The molecule has 0 fully saturated rings. The van der Waals surface area contributed by atoms with Gasteiger partial charge in [0.25, 0.3) is 0 Å². The molecule has 0 saturated carbocycles. The average molecular weight is 1080 g/mol. The molecule has 78 heavy (non-hydrogen) atoms. The number of ether oxygens (including phenoxy) is 3. The number of carbonyl (C=O) groups is 3. The van der Waals surface area contributed by atoms with Gasteiger partial charge >= 0.3 is 17.9 Å². The normalized spacial score (nSPS) is 13.1. The monoisotopic (exact) mass is 1080 g/mol. The van der Waals surface area contributed by atoms with Crippen molar-refractivity contribution in [3.05, 3.63) is 146 Å². The Labute approximate surface area is 480 Å². The molecule has 1 unspecified atom stereocenters. The van der Waals surface area contributed by atoms with Crippen molar-refractivity contribution < 1.29 is 28.6 Å². The summed E-state index contributed by atoms with van der Waals surface area (Å²) in [5.41, 5.74) is 0. The maximum Gasteiger partial charge on any atom is 0.306 e. The predicted octanol–water partition coefficient (Wildman–Crippen LogP) is 21.9. The first-order valence-electron chi connectivity index (χ1n) is 31.8. The summed E-state index contributed by atoms with van der Waals surface area (Å²) in [6.45, 7) is 6.37. The van der Waals surface area contributed by atoms with Crippen LogP contribution in [0.25, 0.3) is 0 Å². The van der Waals surface area contributed by atoms with E-state index in [2.05, 4.69) is 167 Å². The molecule has 0 aromatic heterocycles. The zero-order valence-corrected chi connectivity index (χ0v) is 50.4. The van der Waals surface area contributed by atoms with E-state index >= 15 is 0 Å². The van der Waals surface area contributed by atoms with Crippen molar-refractivity contribution in [2.45, 2.75) is 277 Å². The van der Waals surface area contributed by atoms with Gasteiger partial charge in [0.2, 0.25) is 0 Å². The second-order valence-electron chi connectivity index (χ2n) is 20.6. The Bertz CT molecular complexity index is 1710. The Hall–Kier alpha value is -4.71. The molecule has 0 spiro atoms. The SMILES string of the molecule is CC/C=C\C/C=C\C/C=C\C/C=C\C/C=C\C/C=C\C/C=C\C/C=C\C/C=C\CCCCCCCCCC(=O)OCC(COC(=O)CCCCCCCCCC)OC(=O)CCCCCCCCC/C=C\C/C=C\C/C=C\CC. The Morgan fingerprint density at radius 3 is 0.782 bits per heavy atom. The number of hydrogen-bond donors (Lipinski definition) is 0. The van der Waals surface area contributed by atoms with Crippen LogP contribution < -0.4 is 0 Å². The lowest BCUT2D eigenvalue weighted by Crippen LogP contribution is -2.30. The lowest BCUT2D eigenvalue weighted by molar-refractivity contribution is -0.167. The van der Waals surface area contributed by atoms with Gasteiger partial charge in [-0.05, 0) is 122 Å². The summed E-state index contributed by atoms with van der Waals surface area (Å²) >= 11 is 0. The quantitative estimate of drug-likeness (QED) is 0.0261. The maximum absolute atomic E-state index is 12.8. The summed E-state index contributed by atoms with van der Waals surface area (Å²) in [6.07, 6.45) is 93.0. The second kappa shape index (κ2) is 64.8. The largest absolute Gasteiger partial charge is 0.462 e. The Morgan fingerprint density at radius 2 is 0.500 bits per heavy atom. The van der Waals surface area contributed by atoms with E-state index in [0.29, 0.717) is 19.3 Å². The van der Waals surface area contributed by atoms with Crippen LogP contribution in [-0.2, 0) is 28.6 Å². The highest BCUT2D eigenvalue weighted by Crippen LogP contribution is 2.15. The van der Waals surface area contributed by atoms with Crippen LogP contribution in [0.1, 0.15) is 271 Å². The Morgan fingerprint density at radius 1 is 0.269 bits per heavy atom. The molecule has 0 N–H and O–H groups in total. The fourth-order valence-corrected chi connectivity index (χ4v) is 8.39. The minimum Gasteiger partial charge on any atom is -0.462 e. The molecular formula is C72H116O6. The maximum atomic E-state index is 12.8. The summed E-state index contributed by atoms with van der Waals surface area (Å²) in [7, 11) is 0. The smallest absolute Gasteiger partial charge is 0.306 e. The first kappa shape index (κ1) is 73.3. The van der Waals surface area contributed by atoms with Crippen LogP contribution in [0.4, 0.5) is 0 Å². The van der Waals surface area contributed by atoms with Gasteiger partial charge in [-0.1, -0.05) is 276 Å². The average Bonchev–Trinajstić information content (AvgIpc) is 3.44. The summed E-state index contributed by atoms with van der Waals surface area (Å²) < 4.78 is 16.8. The zero-order chi connectivity index (χ0) is 56.4.